The maximum absolute atomic E-state index is 11.7. The van der Waals surface area contributed by atoms with E-state index in [0.29, 0.717) is 16.5 Å². The molecule has 0 aliphatic heterocycles. The number of anilines is 1. The minimum atomic E-state index is -3.50. The zero-order valence-corrected chi connectivity index (χ0v) is 15.9. The fourth-order valence-electron chi connectivity index (χ4n) is 2.66. The summed E-state index contributed by atoms with van der Waals surface area (Å²) in [6.07, 6.45) is 1.04. The molecule has 0 saturated carbocycles. The van der Waals surface area contributed by atoms with Crippen molar-refractivity contribution in [3.63, 3.8) is 0 Å². The lowest BCUT2D eigenvalue weighted by Crippen LogP contribution is -2.06. The Balaban J connectivity index is 2.17. The van der Waals surface area contributed by atoms with Crippen LogP contribution in [0, 0.1) is 0 Å². The van der Waals surface area contributed by atoms with Crippen LogP contribution in [0.4, 0.5) is 17.1 Å². The number of hydrogen-bond acceptors (Lipinski definition) is 7. The summed E-state index contributed by atoms with van der Waals surface area (Å²) in [4.78, 5) is 11.5. The molecule has 1 amide bonds. The lowest BCUT2D eigenvalue weighted by atomic mass is 10.1. The van der Waals surface area contributed by atoms with Gasteiger partial charge in [0, 0.05) is 18.6 Å². The number of fused-ring (bicyclic) bond motifs is 1. The van der Waals surface area contributed by atoms with E-state index in [1.807, 2.05) is 0 Å². The number of sulfone groups is 1. The van der Waals surface area contributed by atoms with Crippen LogP contribution < -0.4 is 5.32 Å². The molecule has 0 fully saturated rings. The molecule has 0 spiro atoms. The first-order valence-corrected chi connectivity index (χ1v) is 10.0. The smallest absolute Gasteiger partial charge is 0.221 e. The Kier molecular flexibility index (Phi) is 5.02. The number of phenolic OH excluding ortho intramolecular Hbond substituents is 2. The van der Waals surface area contributed by atoms with Crippen LogP contribution in [0.1, 0.15) is 6.92 Å². The number of nitrogens with zero attached hydrogens (tertiary/aromatic N) is 2. The quantitative estimate of drug-likeness (QED) is 0.571. The molecular weight excluding hydrogens is 382 g/mol. The van der Waals surface area contributed by atoms with Crippen molar-refractivity contribution >= 4 is 43.6 Å². The summed E-state index contributed by atoms with van der Waals surface area (Å²) >= 11 is 0. The predicted octanol–water partition coefficient (Wildman–Crippen LogP) is 4.03. The van der Waals surface area contributed by atoms with Gasteiger partial charge in [0.1, 0.15) is 22.9 Å². The third kappa shape index (κ3) is 3.94. The maximum Gasteiger partial charge on any atom is 0.221 e. The van der Waals surface area contributed by atoms with Crippen molar-refractivity contribution in [3.8, 4) is 11.5 Å². The van der Waals surface area contributed by atoms with Crippen molar-refractivity contribution in [3.05, 3.63) is 48.5 Å². The van der Waals surface area contributed by atoms with Gasteiger partial charge in [-0.25, -0.2) is 8.42 Å². The number of amides is 1. The molecule has 0 saturated heterocycles. The molecule has 0 aliphatic rings. The van der Waals surface area contributed by atoms with Gasteiger partial charge >= 0.3 is 0 Å². The number of aromatic hydroxyl groups is 2. The third-order valence-corrected chi connectivity index (χ3v) is 5.05. The number of benzene rings is 3. The Morgan fingerprint density at radius 3 is 2.39 bits per heavy atom. The molecule has 3 rings (SSSR count). The number of carbonyl (C=O) groups is 1. The topological polar surface area (TPSA) is 128 Å². The maximum atomic E-state index is 11.7. The lowest BCUT2D eigenvalue weighted by molar-refractivity contribution is -0.114. The van der Waals surface area contributed by atoms with Crippen molar-refractivity contribution in [1.29, 1.82) is 0 Å². The predicted molar refractivity (Wildman–Crippen MR) is 105 cm³/mol. The number of rotatable bonds is 4. The van der Waals surface area contributed by atoms with Crippen molar-refractivity contribution < 1.29 is 23.4 Å². The molecule has 0 atom stereocenters. The number of nitrogens with one attached hydrogen (secondary N) is 1. The normalized spacial score (nSPS) is 11.8. The summed E-state index contributed by atoms with van der Waals surface area (Å²) < 4.78 is 23.4. The second-order valence-corrected chi connectivity index (χ2v) is 8.16. The van der Waals surface area contributed by atoms with Gasteiger partial charge in [-0.1, -0.05) is 18.2 Å². The van der Waals surface area contributed by atoms with E-state index < -0.39 is 9.84 Å². The average Bonchev–Trinajstić information content (AvgIpc) is 2.61. The lowest BCUT2D eigenvalue weighted by Gasteiger charge is -2.10. The van der Waals surface area contributed by atoms with Gasteiger partial charge in [-0.2, -0.15) is 0 Å². The third-order valence-electron chi connectivity index (χ3n) is 3.94. The Morgan fingerprint density at radius 1 is 1.00 bits per heavy atom. The fraction of sp³-hybridized carbons (Fsp3) is 0.105. The van der Waals surface area contributed by atoms with Crippen LogP contribution in [-0.4, -0.2) is 30.8 Å². The van der Waals surface area contributed by atoms with Gasteiger partial charge in [-0.15, -0.1) is 10.2 Å². The molecule has 3 N–H and O–H groups in total. The average molecular weight is 399 g/mol. The Labute approximate surface area is 161 Å². The highest BCUT2D eigenvalue weighted by Crippen LogP contribution is 2.41. The highest BCUT2D eigenvalue weighted by molar-refractivity contribution is 7.90. The summed E-state index contributed by atoms with van der Waals surface area (Å²) in [6, 6.07) is 11.9. The second-order valence-electron chi connectivity index (χ2n) is 6.14. The molecule has 8 nitrogen and oxygen atoms in total. The number of hydrogen-bond donors (Lipinski definition) is 3. The first kappa shape index (κ1) is 19.3. The van der Waals surface area contributed by atoms with Crippen LogP contribution in [0.5, 0.6) is 11.5 Å². The van der Waals surface area contributed by atoms with Crippen LogP contribution in [0.2, 0.25) is 0 Å². The Bertz CT molecular complexity index is 1220. The van der Waals surface area contributed by atoms with Crippen molar-refractivity contribution in [2.24, 2.45) is 10.2 Å². The Hall–Kier alpha value is -3.46. The minimum Gasteiger partial charge on any atom is -0.506 e. The molecule has 3 aromatic rings. The van der Waals surface area contributed by atoms with Gasteiger partial charge in [0.2, 0.25) is 5.91 Å². The van der Waals surface area contributed by atoms with Crippen LogP contribution in [0.25, 0.3) is 10.8 Å². The standard InChI is InChI=1S/C19H17N3O5S/c1-11(23)20-14-5-3-4-12-6-8-17(25)19(18(12)14)22-21-15-10-13(28(2,26)27)7-9-16(15)24/h3-10,24-25H,1-2H3,(H,20,23). The van der Waals surface area contributed by atoms with E-state index >= 15 is 0 Å². The van der Waals surface area contributed by atoms with E-state index in [2.05, 4.69) is 15.5 Å². The van der Waals surface area contributed by atoms with E-state index in [-0.39, 0.29) is 33.7 Å². The monoisotopic (exact) mass is 399 g/mol. The first-order chi connectivity index (χ1) is 13.2. The summed E-state index contributed by atoms with van der Waals surface area (Å²) in [5, 5.41) is 32.0. The molecule has 3 aromatic carbocycles. The van der Waals surface area contributed by atoms with Crippen molar-refractivity contribution in [2.75, 3.05) is 11.6 Å². The zero-order valence-electron chi connectivity index (χ0n) is 15.0. The van der Waals surface area contributed by atoms with E-state index in [1.165, 1.54) is 31.2 Å². The van der Waals surface area contributed by atoms with Crippen LogP contribution in [0.15, 0.2) is 63.7 Å². The summed E-state index contributed by atoms with van der Waals surface area (Å²) in [5.74, 6) is -0.747. The fourth-order valence-corrected chi connectivity index (χ4v) is 3.30. The van der Waals surface area contributed by atoms with Crippen molar-refractivity contribution in [2.45, 2.75) is 11.8 Å². The molecule has 0 unspecified atom stereocenters. The molecule has 144 valence electrons. The second kappa shape index (κ2) is 7.28. The van der Waals surface area contributed by atoms with Crippen LogP contribution >= 0.6 is 0 Å². The van der Waals surface area contributed by atoms with E-state index in [4.69, 9.17) is 0 Å². The van der Waals surface area contributed by atoms with Gasteiger partial charge in [0.15, 0.2) is 9.84 Å². The summed E-state index contributed by atoms with van der Waals surface area (Å²) in [7, 11) is -3.50. The van der Waals surface area contributed by atoms with E-state index in [0.717, 1.165) is 6.26 Å². The van der Waals surface area contributed by atoms with Crippen LogP contribution in [-0.2, 0) is 14.6 Å². The minimum absolute atomic E-state index is 0.0275. The SMILES string of the molecule is CC(=O)Nc1cccc2ccc(O)c(N=Nc3cc(S(C)(=O)=O)ccc3O)c12. The molecule has 9 heteroatoms. The summed E-state index contributed by atoms with van der Waals surface area (Å²) in [6.45, 7) is 1.36. The molecule has 0 heterocycles. The number of carbonyl (C=O) groups excluding carboxylic acids is 1. The van der Waals surface area contributed by atoms with E-state index in [9.17, 15) is 23.4 Å². The molecule has 0 bridgehead atoms. The highest BCUT2D eigenvalue weighted by Gasteiger charge is 2.14. The highest BCUT2D eigenvalue weighted by atomic mass is 32.2. The molecule has 0 aromatic heterocycles. The molecular formula is C19H17N3O5S. The first-order valence-electron chi connectivity index (χ1n) is 8.14. The van der Waals surface area contributed by atoms with Gasteiger partial charge in [-0.3, -0.25) is 4.79 Å². The Morgan fingerprint density at radius 2 is 1.71 bits per heavy atom. The van der Waals surface area contributed by atoms with Crippen LogP contribution in [0.3, 0.4) is 0 Å². The number of azo groups is 1. The number of phenols is 2. The zero-order chi connectivity index (χ0) is 20.5. The van der Waals surface area contributed by atoms with Crippen molar-refractivity contribution in [1.82, 2.24) is 0 Å². The summed E-state index contributed by atoms with van der Waals surface area (Å²) in [5.41, 5.74) is 0.436. The molecule has 0 aliphatic carbocycles. The largest absolute Gasteiger partial charge is 0.506 e. The van der Waals surface area contributed by atoms with E-state index in [1.54, 1.807) is 24.3 Å². The van der Waals surface area contributed by atoms with Gasteiger partial charge < -0.3 is 15.5 Å². The van der Waals surface area contributed by atoms with Gasteiger partial charge in [0.25, 0.3) is 0 Å². The molecule has 28 heavy (non-hydrogen) atoms. The van der Waals surface area contributed by atoms with Gasteiger partial charge in [-0.05, 0) is 35.7 Å². The van der Waals surface area contributed by atoms with Gasteiger partial charge in [0.05, 0.1) is 10.6 Å². The molecule has 0 radical (unpaired) electrons.